The van der Waals surface area contributed by atoms with E-state index < -0.39 is 0 Å². The molecule has 0 rings (SSSR count). The molecule has 2 N–H and O–H groups in total. The van der Waals surface area contributed by atoms with Gasteiger partial charge in [-0.3, -0.25) is 4.79 Å². The Labute approximate surface area is 55.1 Å². The molecule has 0 aliphatic carbocycles. The van der Waals surface area contributed by atoms with Crippen LogP contribution in [0.5, 0.6) is 0 Å². The minimum absolute atomic E-state index is 0.413. The molecule has 0 aliphatic heterocycles. The first-order chi connectivity index (χ1) is 4.31. The highest BCUT2D eigenvalue weighted by atomic mass is 16.1. The van der Waals surface area contributed by atoms with Crippen molar-refractivity contribution in [3.05, 3.63) is 12.3 Å². The van der Waals surface area contributed by atoms with Crippen molar-refractivity contribution in [1.82, 2.24) is 10.6 Å². The van der Waals surface area contributed by atoms with Crippen LogP contribution in [0.4, 0.5) is 0 Å². The lowest BCUT2D eigenvalue weighted by Gasteiger charge is -2.02. The normalized spacial score (nSPS) is 8.56. The molecule has 0 aliphatic rings. The number of carbonyl (C=O) groups is 1. The molecule has 0 bridgehead atoms. The summed E-state index contributed by atoms with van der Waals surface area (Å²) in [7, 11) is 0. The maximum absolute atomic E-state index is 9.91. The summed E-state index contributed by atoms with van der Waals surface area (Å²) in [5, 5.41) is 5.74. The van der Waals surface area contributed by atoms with Crippen LogP contribution in [0, 0.1) is 0 Å². The van der Waals surface area contributed by atoms with E-state index in [4.69, 9.17) is 0 Å². The monoisotopic (exact) mass is 128 g/mol. The summed E-state index contributed by atoms with van der Waals surface area (Å²) in [6.45, 7) is 6.91. The zero-order chi connectivity index (χ0) is 7.11. The van der Waals surface area contributed by atoms with Gasteiger partial charge in [0.2, 0.25) is 0 Å². The van der Waals surface area contributed by atoms with Crippen molar-refractivity contribution in [1.29, 1.82) is 0 Å². The van der Waals surface area contributed by atoms with Crippen LogP contribution in [0.3, 0.4) is 0 Å². The van der Waals surface area contributed by atoms with Gasteiger partial charge < -0.3 is 10.6 Å². The maximum Gasteiger partial charge on any atom is 0.165 e. The highest BCUT2D eigenvalue weighted by molar-refractivity contribution is 5.70. The van der Waals surface area contributed by atoms with E-state index in [0.717, 1.165) is 6.54 Å². The molecule has 0 atom stereocenters. The SMILES string of the molecule is C=C(C=O)NCNCC. The lowest BCUT2D eigenvalue weighted by Crippen LogP contribution is -2.28. The standard InChI is InChI=1S/C6H12N2O/c1-3-7-5-8-6(2)4-9/h4,7-8H,2-3,5H2,1H3. The first-order valence-electron chi connectivity index (χ1n) is 2.90. The van der Waals surface area contributed by atoms with Crippen LogP contribution in [-0.2, 0) is 4.79 Å². The third kappa shape index (κ3) is 5.03. The van der Waals surface area contributed by atoms with Crippen LogP contribution in [0.2, 0.25) is 0 Å². The molecule has 0 aromatic carbocycles. The smallest absolute Gasteiger partial charge is 0.165 e. The molecule has 0 unspecified atom stereocenters. The van der Waals surface area contributed by atoms with E-state index in [-0.39, 0.29) is 0 Å². The third-order valence-electron chi connectivity index (χ3n) is 0.833. The molecule has 0 radical (unpaired) electrons. The average Bonchev–Trinajstić information content (AvgIpc) is 1.89. The topological polar surface area (TPSA) is 41.1 Å². The largest absolute Gasteiger partial charge is 0.370 e. The van der Waals surface area contributed by atoms with E-state index in [1.54, 1.807) is 0 Å². The fraction of sp³-hybridized carbons (Fsp3) is 0.500. The van der Waals surface area contributed by atoms with Gasteiger partial charge in [-0.05, 0) is 6.54 Å². The fourth-order valence-corrected chi connectivity index (χ4v) is 0.343. The van der Waals surface area contributed by atoms with Crippen molar-refractivity contribution in [2.24, 2.45) is 0 Å². The number of hydrogen-bond acceptors (Lipinski definition) is 3. The zero-order valence-corrected chi connectivity index (χ0v) is 5.61. The Hall–Kier alpha value is -0.830. The Kier molecular flexibility index (Phi) is 4.82. The molecule has 0 aromatic heterocycles. The van der Waals surface area contributed by atoms with Crippen LogP contribution in [0.25, 0.3) is 0 Å². The number of carbonyl (C=O) groups excluding carboxylic acids is 1. The van der Waals surface area contributed by atoms with E-state index in [2.05, 4.69) is 17.2 Å². The Morgan fingerprint density at radius 2 is 2.44 bits per heavy atom. The van der Waals surface area contributed by atoms with E-state index >= 15 is 0 Å². The lowest BCUT2D eigenvalue weighted by atomic mass is 10.5. The van der Waals surface area contributed by atoms with Gasteiger partial charge in [0.1, 0.15) is 0 Å². The summed E-state index contributed by atoms with van der Waals surface area (Å²) in [6.07, 6.45) is 0.692. The quantitative estimate of drug-likeness (QED) is 0.234. The minimum atomic E-state index is 0.413. The summed E-state index contributed by atoms with van der Waals surface area (Å²) < 4.78 is 0. The van der Waals surface area contributed by atoms with Gasteiger partial charge in [-0.2, -0.15) is 0 Å². The molecule has 0 amide bonds. The maximum atomic E-state index is 9.91. The van der Waals surface area contributed by atoms with Gasteiger partial charge in [0.05, 0.1) is 12.4 Å². The minimum Gasteiger partial charge on any atom is -0.370 e. The Bertz CT molecular complexity index is 101. The van der Waals surface area contributed by atoms with Gasteiger partial charge >= 0.3 is 0 Å². The molecule has 0 saturated heterocycles. The summed E-state index contributed by atoms with van der Waals surface area (Å²) in [6, 6.07) is 0. The first-order valence-corrected chi connectivity index (χ1v) is 2.90. The van der Waals surface area contributed by atoms with Crippen LogP contribution in [-0.4, -0.2) is 19.5 Å². The Balaban J connectivity index is 3.07. The molecular formula is C6H12N2O. The second-order valence-electron chi connectivity index (χ2n) is 1.60. The van der Waals surface area contributed by atoms with E-state index in [1.807, 2.05) is 6.92 Å². The van der Waals surface area contributed by atoms with Gasteiger partial charge in [-0.15, -0.1) is 0 Å². The number of allylic oxidation sites excluding steroid dienone is 1. The lowest BCUT2D eigenvalue weighted by molar-refractivity contribution is -0.105. The van der Waals surface area contributed by atoms with E-state index in [9.17, 15) is 4.79 Å². The molecule has 52 valence electrons. The second-order valence-corrected chi connectivity index (χ2v) is 1.60. The van der Waals surface area contributed by atoms with Crippen molar-refractivity contribution >= 4 is 6.29 Å². The molecule has 3 heteroatoms. The Morgan fingerprint density at radius 1 is 1.78 bits per heavy atom. The molecule has 3 nitrogen and oxygen atoms in total. The highest BCUT2D eigenvalue weighted by Gasteiger charge is 1.84. The van der Waals surface area contributed by atoms with Crippen LogP contribution in [0.1, 0.15) is 6.92 Å². The van der Waals surface area contributed by atoms with E-state index in [0.29, 0.717) is 18.7 Å². The number of nitrogens with one attached hydrogen (secondary N) is 2. The van der Waals surface area contributed by atoms with Crippen molar-refractivity contribution in [2.75, 3.05) is 13.2 Å². The van der Waals surface area contributed by atoms with Crippen molar-refractivity contribution in [3.63, 3.8) is 0 Å². The Morgan fingerprint density at radius 3 is 2.89 bits per heavy atom. The number of aldehydes is 1. The van der Waals surface area contributed by atoms with Crippen LogP contribution >= 0.6 is 0 Å². The second kappa shape index (κ2) is 5.31. The molecule has 9 heavy (non-hydrogen) atoms. The average molecular weight is 128 g/mol. The van der Waals surface area contributed by atoms with Gasteiger partial charge in [0.25, 0.3) is 0 Å². The molecular weight excluding hydrogens is 116 g/mol. The predicted molar refractivity (Wildman–Crippen MR) is 36.9 cm³/mol. The molecule has 0 aromatic rings. The number of hydrogen-bond donors (Lipinski definition) is 2. The number of rotatable bonds is 5. The van der Waals surface area contributed by atoms with Gasteiger partial charge in [-0.25, -0.2) is 0 Å². The first kappa shape index (κ1) is 8.17. The summed E-state index contributed by atoms with van der Waals surface area (Å²) in [5.41, 5.74) is 0.413. The van der Waals surface area contributed by atoms with Crippen LogP contribution < -0.4 is 10.6 Å². The van der Waals surface area contributed by atoms with E-state index in [1.165, 1.54) is 0 Å². The summed E-state index contributed by atoms with van der Waals surface area (Å²) in [5.74, 6) is 0. The molecule has 0 fully saturated rings. The van der Waals surface area contributed by atoms with Crippen LogP contribution in [0.15, 0.2) is 12.3 Å². The zero-order valence-electron chi connectivity index (χ0n) is 5.61. The van der Waals surface area contributed by atoms with Gasteiger partial charge in [0.15, 0.2) is 6.29 Å². The van der Waals surface area contributed by atoms with Gasteiger partial charge in [0, 0.05) is 0 Å². The molecule has 0 saturated carbocycles. The summed E-state index contributed by atoms with van der Waals surface area (Å²) in [4.78, 5) is 9.91. The van der Waals surface area contributed by atoms with Crippen molar-refractivity contribution < 1.29 is 4.79 Å². The molecule has 0 heterocycles. The van der Waals surface area contributed by atoms with Crippen molar-refractivity contribution in [3.8, 4) is 0 Å². The van der Waals surface area contributed by atoms with Crippen molar-refractivity contribution in [2.45, 2.75) is 6.92 Å². The summed E-state index contributed by atoms with van der Waals surface area (Å²) >= 11 is 0. The predicted octanol–water partition coefficient (Wildman–Crippen LogP) is -0.144. The highest BCUT2D eigenvalue weighted by Crippen LogP contribution is 1.69. The van der Waals surface area contributed by atoms with Gasteiger partial charge in [-0.1, -0.05) is 13.5 Å². The fourth-order valence-electron chi connectivity index (χ4n) is 0.343. The molecule has 0 spiro atoms. The third-order valence-corrected chi connectivity index (χ3v) is 0.833.